The number of ether oxygens (including phenoxy) is 1. The highest BCUT2D eigenvalue weighted by atomic mass is 16.5. The number of aliphatic hydroxyl groups excluding tert-OH is 2. The summed E-state index contributed by atoms with van der Waals surface area (Å²) < 4.78 is 5.65. The van der Waals surface area contributed by atoms with Gasteiger partial charge in [0.1, 0.15) is 0 Å². The highest BCUT2D eigenvalue weighted by Gasteiger charge is 2.06. The van der Waals surface area contributed by atoms with Gasteiger partial charge in [-0.05, 0) is 25.7 Å². The summed E-state index contributed by atoms with van der Waals surface area (Å²) >= 11 is 0. The SMILES string of the molecule is CCCCCCCCCCCCC(O)CCOCCC(O)CCCCCCCCCCCC. The average molecular weight is 471 g/mol. The molecule has 0 rings (SSSR count). The number of unbranched alkanes of at least 4 members (excludes halogenated alkanes) is 18. The van der Waals surface area contributed by atoms with Crippen LogP contribution in [0.1, 0.15) is 168 Å². The van der Waals surface area contributed by atoms with Gasteiger partial charge in [-0.1, -0.05) is 142 Å². The second-order valence-corrected chi connectivity index (χ2v) is 10.4. The van der Waals surface area contributed by atoms with Gasteiger partial charge < -0.3 is 14.9 Å². The third kappa shape index (κ3) is 28.0. The van der Waals surface area contributed by atoms with Crippen molar-refractivity contribution in [2.75, 3.05) is 13.2 Å². The number of hydrogen-bond acceptors (Lipinski definition) is 3. The van der Waals surface area contributed by atoms with Gasteiger partial charge in [0.25, 0.3) is 0 Å². The molecule has 3 nitrogen and oxygen atoms in total. The molecule has 0 spiro atoms. The Morgan fingerprint density at radius 3 is 0.970 bits per heavy atom. The second-order valence-electron chi connectivity index (χ2n) is 10.4. The molecule has 0 aromatic rings. The maximum absolute atomic E-state index is 10.1. The molecule has 0 radical (unpaired) electrons. The van der Waals surface area contributed by atoms with Crippen molar-refractivity contribution < 1.29 is 14.9 Å². The topological polar surface area (TPSA) is 49.7 Å². The Morgan fingerprint density at radius 1 is 0.394 bits per heavy atom. The van der Waals surface area contributed by atoms with Crippen molar-refractivity contribution in [2.45, 2.75) is 180 Å². The Balaban J connectivity index is 3.26. The van der Waals surface area contributed by atoms with Crippen molar-refractivity contribution in [1.82, 2.24) is 0 Å². The normalized spacial score (nSPS) is 13.5. The maximum atomic E-state index is 10.1. The van der Waals surface area contributed by atoms with E-state index in [0.717, 1.165) is 38.5 Å². The van der Waals surface area contributed by atoms with Crippen LogP contribution >= 0.6 is 0 Å². The van der Waals surface area contributed by atoms with E-state index in [2.05, 4.69) is 13.8 Å². The fraction of sp³-hybridized carbons (Fsp3) is 1.00. The van der Waals surface area contributed by atoms with Gasteiger partial charge in [-0.25, -0.2) is 0 Å². The molecule has 0 aliphatic rings. The molecule has 0 bridgehead atoms. The predicted octanol–water partition coefficient (Wildman–Crippen LogP) is 9.13. The molecule has 2 N–H and O–H groups in total. The lowest BCUT2D eigenvalue weighted by Gasteiger charge is -2.13. The van der Waals surface area contributed by atoms with Crippen molar-refractivity contribution in [3.8, 4) is 0 Å². The van der Waals surface area contributed by atoms with E-state index < -0.39 is 0 Å². The molecule has 0 aliphatic heterocycles. The molecule has 33 heavy (non-hydrogen) atoms. The Labute approximate surface area is 208 Å². The van der Waals surface area contributed by atoms with E-state index in [1.807, 2.05) is 0 Å². The minimum absolute atomic E-state index is 0.226. The molecule has 0 aliphatic carbocycles. The Morgan fingerprint density at radius 2 is 0.667 bits per heavy atom. The van der Waals surface area contributed by atoms with E-state index in [1.165, 1.54) is 116 Å². The van der Waals surface area contributed by atoms with E-state index in [-0.39, 0.29) is 12.2 Å². The highest BCUT2D eigenvalue weighted by molar-refractivity contribution is 4.59. The van der Waals surface area contributed by atoms with Crippen LogP contribution < -0.4 is 0 Å². The molecular formula is C30H62O3. The van der Waals surface area contributed by atoms with E-state index >= 15 is 0 Å². The zero-order valence-electron chi connectivity index (χ0n) is 22.8. The molecule has 2 unspecified atom stereocenters. The van der Waals surface area contributed by atoms with Crippen molar-refractivity contribution in [1.29, 1.82) is 0 Å². The van der Waals surface area contributed by atoms with Gasteiger partial charge in [0.05, 0.1) is 12.2 Å². The Bertz CT molecular complexity index is 315. The first-order chi connectivity index (χ1) is 16.2. The summed E-state index contributed by atoms with van der Waals surface area (Å²) in [7, 11) is 0. The summed E-state index contributed by atoms with van der Waals surface area (Å²) in [4.78, 5) is 0. The summed E-state index contributed by atoms with van der Waals surface area (Å²) in [5.74, 6) is 0. The first-order valence-corrected chi connectivity index (χ1v) is 15.1. The van der Waals surface area contributed by atoms with Crippen LogP contribution in [0.4, 0.5) is 0 Å². The first kappa shape index (κ1) is 32.9. The van der Waals surface area contributed by atoms with Gasteiger partial charge in [-0.3, -0.25) is 0 Å². The largest absolute Gasteiger partial charge is 0.393 e. The molecule has 0 aromatic heterocycles. The molecule has 200 valence electrons. The summed E-state index contributed by atoms with van der Waals surface area (Å²) in [6.45, 7) is 5.77. The fourth-order valence-electron chi connectivity index (χ4n) is 4.56. The van der Waals surface area contributed by atoms with Gasteiger partial charge in [0.15, 0.2) is 0 Å². The van der Waals surface area contributed by atoms with Crippen LogP contribution in [0.2, 0.25) is 0 Å². The molecule has 0 aromatic carbocycles. The van der Waals surface area contributed by atoms with Crippen molar-refractivity contribution in [2.24, 2.45) is 0 Å². The number of aliphatic hydroxyl groups is 2. The lowest BCUT2D eigenvalue weighted by molar-refractivity contribution is 0.0522. The van der Waals surface area contributed by atoms with Crippen LogP contribution in [0.3, 0.4) is 0 Å². The molecule has 2 atom stereocenters. The summed E-state index contributed by atoms with van der Waals surface area (Å²) in [6, 6.07) is 0. The highest BCUT2D eigenvalue weighted by Crippen LogP contribution is 2.14. The lowest BCUT2D eigenvalue weighted by atomic mass is 10.0. The number of rotatable bonds is 28. The molecular weight excluding hydrogens is 408 g/mol. The Kier molecular flexibility index (Phi) is 28.0. The zero-order valence-corrected chi connectivity index (χ0v) is 22.8. The van der Waals surface area contributed by atoms with Crippen molar-refractivity contribution in [3.63, 3.8) is 0 Å². The smallest absolute Gasteiger partial charge is 0.0562 e. The molecule has 3 heteroatoms. The summed E-state index contributed by atoms with van der Waals surface area (Å²) in [6.07, 6.45) is 29.5. The monoisotopic (exact) mass is 470 g/mol. The molecule has 0 fully saturated rings. The lowest BCUT2D eigenvalue weighted by Crippen LogP contribution is -2.14. The van der Waals surface area contributed by atoms with Gasteiger partial charge in [-0.15, -0.1) is 0 Å². The summed E-state index contributed by atoms with van der Waals surface area (Å²) in [5, 5.41) is 20.2. The predicted molar refractivity (Wildman–Crippen MR) is 145 cm³/mol. The third-order valence-corrected chi connectivity index (χ3v) is 6.97. The standard InChI is InChI=1S/C30H62O3/c1-3-5-7-9-11-13-15-17-19-21-23-29(31)25-27-33-28-26-30(32)24-22-20-18-16-14-12-10-8-6-4-2/h29-32H,3-28H2,1-2H3. The van der Waals surface area contributed by atoms with Crippen LogP contribution in [-0.4, -0.2) is 35.6 Å². The first-order valence-electron chi connectivity index (χ1n) is 15.1. The zero-order chi connectivity index (χ0) is 24.2. The minimum atomic E-state index is -0.226. The van der Waals surface area contributed by atoms with Crippen molar-refractivity contribution >= 4 is 0 Å². The van der Waals surface area contributed by atoms with Gasteiger partial charge in [0, 0.05) is 13.2 Å². The molecule has 0 saturated carbocycles. The average Bonchev–Trinajstić information content (AvgIpc) is 2.81. The van der Waals surface area contributed by atoms with Crippen LogP contribution in [0.15, 0.2) is 0 Å². The molecule has 0 amide bonds. The molecule has 0 saturated heterocycles. The number of hydrogen-bond donors (Lipinski definition) is 2. The van der Waals surface area contributed by atoms with Crippen LogP contribution in [0, 0.1) is 0 Å². The van der Waals surface area contributed by atoms with Gasteiger partial charge in [-0.2, -0.15) is 0 Å². The third-order valence-electron chi connectivity index (χ3n) is 6.97. The van der Waals surface area contributed by atoms with Gasteiger partial charge in [0.2, 0.25) is 0 Å². The summed E-state index contributed by atoms with van der Waals surface area (Å²) in [5.41, 5.74) is 0. The molecule has 0 heterocycles. The van der Waals surface area contributed by atoms with E-state index in [0.29, 0.717) is 13.2 Å². The van der Waals surface area contributed by atoms with E-state index in [1.54, 1.807) is 0 Å². The fourth-order valence-corrected chi connectivity index (χ4v) is 4.56. The quantitative estimate of drug-likeness (QED) is 0.112. The maximum Gasteiger partial charge on any atom is 0.0562 e. The van der Waals surface area contributed by atoms with Crippen molar-refractivity contribution in [3.05, 3.63) is 0 Å². The van der Waals surface area contributed by atoms with Crippen LogP contribution in [0.5, 0.6) is 0 Å². The minimum Gasteiger partial charge on any atom is -0.393 e. The second kappa shape index (κ2) is 28.1. The van der Waals surface area contributed by atoms with Gasteiger partial charge >= 0.3 is 0 Å². The van der Waals surface area contributed by atoms with E-state index in [9.17, 15) is 10.2 Å². The Hall–Kier alpha value is -0.120. The van der Waals surface area contributed by atoms with Crippen LogP contribution in [0.25, 0.3) is 0 Å². The van der Waals surface area contributed by atoms with Crippen LogP contribution in [-0.2, 0) is 4.74 Å². The van der Waals surface area contributed by atoms with E-state index in [4.69, 9.17) is 4.74 Å².